The molecule has 0 aliphatic heterocycles. The van der Waals surface area contributed by atoms with Crippen LogP contribution in [0.4, 0.5) is 0 Å². The van der Waals surface area contributed by atoms with Crippen molar-refractivity contribution in [1.29, 1.82) is 0 Å². The third-order valence-electron chi connectivity index (χ3n) is 4.07. The maximum absolute atomic E-state index is 4.39. The Morgan fingerprint density at radius 3 is 2.72 bits per heavy atom. The number of hydrogen-bond donors (Lipinski definition) is 0. The van der Waals surface area contributed by atoms with Crippen molar-refractivity contribution in [3.63, 3.8) is 0 Å². The van der Waals surface area contributed by atoms with E-state index in [-0.39, 0.29) is 0 Å². The van der Waals surface area contributed by atoms with Crippen LogP contribution in [0.3, 0.4) is 0 Å². The largest absolute Gasteiger partial charge is 0.262 e. The summed E-state index contributed by atoms with van der Waals surface area (Å²) in [6, 6.07) is 6.05. The minimum atomic E-state index is 0.605. The molecule has 0 radical (unpaired) electrons. The zero-order valence-electron chi connectivity index (χ0n) is 16.2. The highest BCUT2D eigenvalue weighted by atomic mass is 14.7. The number of aliphatic imine (C=N–C) groups is 1. The Bertz CT molecular complexity index is 635. The van der Waals surface area contributed by atoms with Crippen LogP contribution < -0.4 is 0 Å². The molecule has 25 heavy (non-hydrogen) atoms. The van der Waals surface area contributed by atoms with Gasteiger partial charge in [-0.25, -0.2) is 0 Å². The average molecular weight is 337 g/mol. The molecule has 2 atom stereocenters. The molecule has 134 valence electrons. The standard InChI is InChI=1S/C21H26N2.C2H6/c1-5-9-19(22-6-2)13-16(3)12-18-15-21(18)17(4)14-20-10-7-8-11-23-20;1-2/h5-12,18,21H,2,4,13-15H2,1,3H3;1-2H3/b9-5-,16-12+,22-19?;. The minimum absolute atomic E-state index is 0.605. The third-order valence-corrected chi connectivity index (χ3v) is 4.07. The molecule has 0 N–H and O–H groups in total. The van der Waals surface area contributed by atoms with Gasteiger partial charge in [-0.05, 0) is 50.3 Å². The summed E-state index contributed by atoms with van der Waals surface area (Å²) >= 11 is 0. The lowest BCUT2D eigenvalue weighted by Gasteiger charge is -2.05. The fourth-order valence-electron chi connectivity index (χ4n) is 2.90. The Hall–Kier alpha value is -2.22. The highest BCUT2D eigenvalue weighted by Crippen LogP contribution is 2.46. The Morgan fingerprint density at radius 1 is 1.36 bits per heavy atom. The van der Waals surface area contributed by atoms with E-state index in [4.69, 9.17) is 0 Å². The summed E-state index contributed by atoms with van der Waals surface area (Å²) in [6.07, 6.45) is 12.9. The van der Waals surface area contributed by atoms with E-state index in [0.717, 1.165) is 24.2 Å². The van der Waals surface area contributed by atoms with Crippen LogP contribution >= 0.6 is 0 Å². The Kier molecular flexibility index (Phi) is 9.46. The van der Waals surface area contributed by atoms with Gasteiger partial charge in [-0.1, -0.05) is 56.4 Å². The SMILES string of the molecule is C=CN=C(/C=C\C)C/C(C)=C/C1CC1C(=C)Cc1ccccn1.CC. The van der Waals surface area contributed by atoms with Gasteiger partial charge >= 0.3 is 0 Å². The van der Waals surface area contributed by atoms with Crippen molar-refractivity contribution in [3.8, 4) is 0 Å². The molecular weight excluding hydrogens is 304 g/mol. The van der Waals surface area contributed by atoms with Gasteiger partial charge in [0.05, 0.1) is 0 Å². The van der Waals surface area contributed by atoms with Gasteiger partial charge in [0.2, 0.25) is 0 Å². The zero-order chi connectivity index (χ0) is 18.7. The summed E-state index contributed by atoms with van der Waals surface area (Å²) in [4.78, 5) is 8.70. The molecule has 1 aliphatic rings. The quantitative estimate of drug-likeness (QED) is 0.401. The predicted molar refractivity (Wildman–Crippen MR) is 111 cm³/mol. The van der Waals surface area contributed by atoms with E-state index < -0.39 is 0 Å². The fraction of sp³-hybridized carbons (Fsp3) is 0.391. The molecule has 1 saturated carbocycles. The molecule has 2 unspecified atom stereocenters. The zero-order valence-corrected chi connectivity index (χ0v) is 16.2. The van der Waals surface area contributed by atoms with Gasteiger partial charge in [0.25, 0.3) is 0 Å². The van der Waals surface area contributed by atoms with Gasteiger partial charge in [0.15, 0.2) is 0 Å². The van der Waals surface area contributed by atoms with Gasteiger partial charge in [-0.15, -0.1) is 0 Å². The molecule has 0 aromatic carbocycles. The fourth-order valence-corrected chi connectivity index (χ4v) is 2.90. The van der Waals surface area contributed by atoms with Crippen LogP contribution in [0.5, 0.6) is 0 Å². The molecule has 0 saturated heterocycles. The summed E-state index contributed by atoms with van der Waals surface area (Å²) in [5.41, 5.74) is 4.83. The smallest absolute Gasteiger partial charge is 0.0444 e. The Balaban J connectivity index is 0.00000151. The highest BCUT2D eigenvalue weighted by molar-refractivity contribution is 5.96. The average Bonchev–Trinajstić information content (AvgIpc) is 3.37. The van der Waals surface area contributed by atoms with Crippen molar-refractivity contribution in [1.82, 2.24) is 4.98 Å². The molecular formula is C23H32N2. The molecule has 1 aromatic heterocycles. The molecule has 1 heterocycles. The van der Waals surface area contributed by atoms with E-state index in [2.05, 4.69) is 42.2 Å². The molecule has 1 aliphatic carbocycles. The summed E-state index contributed by atoms with van der Waals surface area (Å²) in [6.45, 7) is 16.1. The van der Waals surface area contributed by atoms with Crippen LogP contribution in [-0.2, 0) is 6.42 Å². The second kappa shape index (κ2) is 11.4. The summed E-state index contributed by atoms with van der Waals surface area (Å²) in [5.74, 6) is 1.23. The first kappa shape index (κ1) is 20.8. The Labute approximate surface area is 153 Å². The van der Waals surface area contributed by atoms with E-state index in [1.54, 1.807) is 6.20 Å². The minimum Gasteiger partial charge on any atom is -0.262 e. The van der Waals surface area contributed by atoms with E-state index >= 15 is 0 Å². The maximum Gasteiger partial charge on any atom is 0.0444 e. The van der Waals surface area contributed by atoms with Crippen molar-refractivity contribution >= 4 is 5.71 Å². The van der Waals surface area contributed by atoms with Gasteiger partial charge in [0, 0.05) is 36.6 Å². The van der Waals surface area contributed by atoms with Crippen LogP contribution in [0.2, 0.25) is 0 Å². The van der Waals surface area contributed by atoms with Crippen LogP contribution in [0.1, 0.15) is 46.2 Å². The molecule has 1 fully saturated rings. The van der Waals surface area contributed by atoms with Crippen molar-refractivity contribution in [2.45, 2.75) is 47.0 Å². The van der Waals surface area contributed by atoms with Gasteiger partial charge in [-0.2, -0.15) is 0 Å². The van der Waals surface area contributed by atoms with Gasteiger partial charge < -0.3 is 0 Å². The van der Waals surface area contributed by atoms with E-state index in [1.807, 2.05) is 51.3 Å². The lowest BCUT2D eigenvalue weighted by atomic mass is 10.0. The molecule has 2 heteroatoms. The number of rotatable bonds is 8. The van der Waals surface area contributed by atoms with Crippen molar-refractivity contribution in [2.24, 2.45) is 16.8 Å². The molecule has 2 rings (SSSR count). The normalized spacial score (nSPS) is 20.0. The van der Waals surface area contributed by atoms with Gasteiger partial charge in [0.1, 0.15) is 0 Å². The molecule has 0 bridgehead atoms. The molecule has 2 nitrogen and oxygen atoms in total. The summed E-state index contributed by atoms with van der Waals surface area (Å²) < 4.78 is 0. The van der Waals surface area contributed by atoms with Crippen molar-refractivity contribution in [2.75, 3.05) is 0 Å². The first-order chi connectivity index (χ1) is 12.1. The maximum atomic E-state index is 4.39. The topological polar surface area (TPSA) is 25.2 Å². The van der Waals surface area contributed by atoms with Crippen LogP contribution in [0.15, 0.2) is 78.1 Å². The second-order valence-corrected chi connectivity index (χ2v) is 6.15. The predicted octanol–water partition coefficient (Wildman–Crippen LogP) is 6.34. The third kappa shape index (κ3) is 7.47. The number of hydrogen-bond acceptors (Lipinski definition) is 2. The first-order valence-electron chi connectivity index (χ1n) is 9.19. The lowest BCUT2D eigenvalue weighted by molar-refractivity contribution is 0.862. The van der Waals surface area contributed by atoms with Crippen LogP contribution in [-0.4, -0.2) is 10.7 Å². The molecule has 0 spiro atoms. The summed E-state index contributed by atoms with van der Waals surface area (Å²) in [5, 5.41) is 0. The lowest BCUT2D eigenvalue weighted by Crippen LogP contribution is -1.97. The van der Waals surface area contributed by atoms with Crippen molar-refractivity contribution in [3.05, 3.63) is 78.8 Å². The number of allylic oxidation sites excluding steroid dienone is 5. The molecule has 0 amide bonds. The summed E-state index contributed by atoms with van der Waals surface area (Å²) in [7, 11) is 0. The van der Waals surface area contributed by atoms with Gasteiger partial charge in [-0.3, -0.25) is 9.98 Å². The number of nitrogens with zero attached hydrogens (tertiary/aromatic N) is 2. The van der Waals surface area contributed by atoms with Crippen LogP contribution in [0.25, 0.3) is 0 Å². The molecule has 1 aromatic rings. The monoisotopic (exact) mass is 336 g/mol. The number of aromatic nitrogens is 1. The van der Waals surface area contributed by atoms with E-state index in [0.29, 0.717) is 11.8 Å². The Morgan fingerprint density at radius 2 is 2.12 bits per heavy atom. The van der Waals surface area contributed by atoms with E-state index in [1.165, 1.54) is 17.6 Å². The highest BCUT2D eigenvalue weighted by Gasteiger charge is 2.37. The van der Waals surface area contributed by atoms with Crippen molar-refractivity contribution < 1.29 is 0 Å². The second-order valence-electron chi connectivity index (χ2n) is 6.15. The number of pyridine rings is 1. The first-order valence-corrected chi connectivity index (χ1v) is 9.19. The van der Waals surface area contributed by atoms with E-state index in [9.17, 15) is 0 Å². The van der Waals surface area contributed by atoms with Crippen LogP contribution in [0, 0.1) is 11.8 Å².